The highest BCUT2D eigenvalue weighted by molar-refractivity contribution is 7.89. The molecule has 1 heterocycles. The summed E-state index contributed by atoms with van der Waals surface area (Å²) >= 11 is 0. The monoisotopic (exact) mass is 314 g/mol. The van der Waals surface area contributed by atoms with Crippen LogP contribution >= 0.6 is 0 Å². The molecule has 0 aliphatic heterocycles. The van der Waals surface area contributed by atoms with Gasteiger partial charge in [0.1, 0.15) is 4.90 Å². The fraction of sp³-hybridized carbons (Fsp3) is 0.643. The second-order valence-corrected chi connectivity index (χ2v) is 6.59. The minimum atomic E-state index is -3.58. The van der Waals surface area contributed by atoms with Crippen LogP contribution in [0.15, 0.2) is 23.4 Å². The predicted octanol–water partition coefficient (Wildman–Crippen LogP) is 1.52. The van der Waals surface area contributed by atoms with Crippen molar-refractivity contribution in [3.8, 4) is 0 Å². The Morgan fingerprint density at radius 1 is 1.29 bits per heavy atom. The van der Waals surface area contributed by atoms with E-state index < -0.39 is 10.0 Å². The van der Waals surface area contributed by atoms with Crippen LogP contribution in [0.3, 0.4) is 0 Å². The molecule has 1 rings (SSSR count). The van der Waals surface area contributed by atoms with Gasteiger partial charge in [-0.2, -0.15) is 0 Å². The topological polar surface area (TPSA) is 74.3 Å². The van der Waals surface area contributed by atoms with E-state index in [0.717, 1.165) is 13.1 Å². The summed E-state index contributed by atoms with van der Waals surface area (Å²) in [5, 5.41) is 3.05. The van der Waals surface area contributed by atoms with Crippen LogP contribution in [0.2, 0.25) is 0 Å². The number of hydrogen-bond acceptors (Lipinski definition) is 5. The Morgan fingerprint density at radius 3 is 2.52 bits per heavy atom. The van der Waals surface area contributed by atoms with Crippen LogP contribution in [-0.2, 0) is 10.0 Å². The number of hydrogen-bond donors (Lipinski definition) is 2. The molecule has 0 radical (unpaired) electrons. The third-order valence-corrected chi connectivity index (χ3v) is 4.84. The normalized spacial score (nSPS) is 13.4. The molecule has 0 aliphatic carbocycles. The molecule has 21 heavy (non-hydrogen) atoms. The second-order valence-electron chi connectivity index (χ2n) is 4.91. The zero-order valence-corrected chi connectivity index (χ0v) is 14.1. The summed E-state index contributed by atoms with van der Waals surface area (Å²) in [6, 6.07) is 1.51. The first-order valence-electron chi connectivity index (χ1n) is 7.37. The van der Waals surface area contributed by atoms with E-state index in [1.807, 2.05) is 13.8 Å². The van der Waals surface area contributed by atoms with Gasteiger partial charge in [0, 0.05) is 31.5 Å². The first-order chi connectivity index (χ1) is 9.94. The summed E-state index contributed by atoms with van der Waals surface area (Å²) in [4.78, 5) is 6.30. The fourth-order valence-corrected chi connectivity index (χ4v) is 3.53. The zero-order valence-electron chi connectivity index (χ0n) is 13.3. The quantitative estimate of drug-likeness (QED) is 0.723. The number of pyridine rings is 1. The van der Waals surface area contributed by atoms with E-state index in [-0.39, 0.29) is 10.9 Å². The van der Waals surface area contributed by atoms with Crippen molar-refractivity contribution in [3.63, 3.8) is 0 Å². The first kappa shape index (κ1) is 17.9. The number of likely N-dealkylation sites (N-methyl/N-ethyl adjacent to an activating group) is 1. The van der Waals surface area contributed by atoms with Crippen molar-refractivity contribution in [2.75, 3.05) is 31.5 Å². The van der Waals surface area contributed by atoms with Crippen LogP contribution < -0.4 is 10.0 Å². The third kappa shape index (κ3) is 5.26. The predicted molar refractivity (Wildman–Crippen MR) is 86.0 cm³/mol. The van der Waals surface area contributed by atoms with Gasteiger partial charge < -0.3 is 10.2 Å². The molecule has 120 valence electrons. The molecule has 1 atom stereocenters. The van der Waals surface area contributed by atoms with Gasteiger partial charge in [-0.1, -0.05) is 13.8 Å². The van der Waals surface area contributed by atoms with Gasteiger partial charge in [-0.25, -0.2) is 13.1 Å². The molecule has 0 bridgehead atoms. The van der Waals surface area contributed by atoms with Crippen molar-refractivity contribution in [2.24, 2.45) is 0 Å². The van der Waals surface area contributed by atoms with Crippen molar-refractivity contribution in [2.45, 2.75) is 38.6 Å². The second kappa shape index (κ2) is 8.31. The van der Waals surface area contributed by atoms with Crippen molar-refractivity contribution in [1.82, 2.24) is 14.6 Å². The summed E-state index contributed by atoms with van der Waals surface area (Å²) in [5.41, 5.74) is 0.579. The lowest BCUT2D eigenvalue weighted by Gasteiger charge is -2.23. The minimum Gasteiger partial charge on any atom is -0.384 e. The molecule has 1 unspecified atom stereocenters. The molecule has 7 heteroatoms. The zero-order chi connectivity index (χ0) is 15.9. The van der Waals surface area contributed by atoms with Gasteiger partial charge in [-0.3, -0.25) is 4.98 Å². The van der Waals surface area contributed by atoms with E-state index in [0.29, 0.717) is 18.8 Å². The third-order valence-electron chi connectivity index (χ3n) is 3.22. The van der Waals surface area contributed by atoms with E-state index in [9.17, 15) is 8.42 Å². The largest absolute Gasteiger partial charge is 0.384 e. The van der Waals surface area contributed by atoms with Gasteiger partial charge in [-0.05, 0) is 33.0 Å². The molecule has 0 spiro atoms. The molecular formula is C14H26N4O2S. The molecule has 1 aromatic rings. The Hall–Kier alpha value is -1.18. The van der Waals surface area contributed by atoms with Crippen LogP contribution in [0.25, 0.3) is 0 Å². The fourth-order valence-electron chi connectivity index (χ4n) is 2.17. The Morgan fingerprint density at radius 2 is 1.95 bits per heavy atom. The van der Waals surface area contributed by atoms with Crippen LogP contribution in [0.5, 0.6) is 0 Å². The lowest BCUT2D eigenvalue weighted by Crippen LogP contribution is -2.42. The SMILES string of the molecule is CCNc1ccncc1S(=O)(=O)NC(C)CN(CC)CC. The highest BCUT2D eigenvalue weighted by atomic mass is 32.2. The Labute approximate surface area is 128 Å². The van der Waals surface area contributed by atoms with Crippen molar-refractivity contribution >= 4 is 15.7 Å². The maximum atomic E-state index is 12.5. The van der Waals surface area contributed by atoms with Gasteiger partial charge in [0.05, 0.1) is 5.69 Å². The molecule has 0 aromatic carbocycles. The maximum absolute atomic E-state index is 12.5. The Balaban J connectivity index is 2.86. The van der Waals surface area contributed by atoms with Gasteiger partial charge in [0.15, 0.2) is 0 Å². The van der Waals surface area contributed by atoms with Crippen molar-refractivity contribution < 1.29 is 8.42 Å². The standard InChI is InChI=1S/C14H26N4O2S/c1-5-16-13-8-9-15-10-14(13)21(19,20)17-12(4)11-18(6-2)7-3/h8-10,12,17H,5-7,11H2,1-4H3,(H,15,16). The highest BCUT2D eigenvalue weighted by Crippen LogP contribution is 2.19. The lowest BCUT2D eigenvalue weighted by molar-refractivity contribution is 0.282. The summed E-state index contributed by atoms with van der Waals surface area (Å²) in [7, 11) is -3.58. The molecule has 2 N–H and O–H groups in total. The molecule has 0 aliphatic rings. The van der Waals surface area contributed by atoms with E-state index in [2.05, 4.69) is 33.8 Å². The molecular weight excluding hydrogens is 288 g/mol. The summed E-state index contributed by atoms with van der Waals surface area (Å²) < 4.78 is 27.7. The lowest BCUT2D eigenvalue weighted by atomic mass is 10.3. The number of nitrogens with zero attached hydrogens (tertiary/aromatic N) is 2. The highest BCUT2D eigenvalue weighted by Gasteiger charge is 2.21. The van der Waals surface area contributed by atoms with E-state index in [1.165, 1.54) is 6.20 Å². The smallest absolute Gasteiger partial charge is 0.244 e. The Kier molecular flexibility index (Phi) is 7.07. The average Bonchev–Trinajstić information content (AvgIpc) is 2.45. The molecule has 0 fully saturated rings. The van der Waals surface area contributed by atoms with Crippen LogP contribution in [0.1, 0.15) is 27.7 Å². The van der Waals surface area contributed by atoms with Crippen molar-refractivity contribution in [1.29, 1.82) is 0 Å². The summed E-state index contributed by atoms with van der Waals surface area (Å²) in [5.74, 6) is 0. The number of nitrogens with one attached hydrogen (secondary N) is 2. The van der Waals surface area contributed by atoms with E-state index >= 15 is 0 Å². The molecule has 0 amide bonds. The summed E-state index contributed by atoms with van der Waals surface area (Å²) in [6.45, 7) is 11.1. The Bertz CT molecular complexity index is 530. The number of aromatic nitrogens is 1. The van der Waals surface area contributed by atoms with Gasteiger partial charge >= 0.3 is 0 Å². The van der Waals surface area contributed by atoms with Crippen molar-refractivity contribution in [3.05, 3.63) is 18.5 Å². The van der Waals surface area contributed by atoms with Crippen LogP contribution in [-0.4, -0.2) is 50.5 Å². The van der Waals surface area contributed by atoms with Gasteiger partial charge in [0.2, 0.25) is 10.0 Å². The van der Waals surface area contributed by atoms with E-state index in [1.54, 1.807) is 12.3 Å². The number of sulfonamides is 1. The number of anilines is 1. The van der Waals surface area contributed by atoms with E-state index in [4.69, 9.17) is 0 Å². The van der Waals surface area contributed by atoms with Crippen LogP contribution in [0.4, 0.5) is 5.69 Å². The average molecular weight is 314 g/mol. The van der Waals surface area contributed by atoms with Gasteiger partial charge in [0.25, 0.3) is 0 Å². The van der Waals surface area contributed by atoms with Gasteiger partial charge in [-0.15, -0.1) is 0 Å². The number of rotatable bonds is 9. The van der Waals surface area contributed by atoms with Crippen LogP contribution in [0, 0.1) is 0 Å². The first-order valence-corrected chi connectivity index (χ1v) is 8.85. The molecule has 0 saturated carbocycles. The maximum Gasteiger partial charge on any atom is 0.244 e. The summed E-state index contributed by atoms with van der Waals surface area (Å²) in [6.07, 6.45) is 2.96. The minimum absolute atomic E-state index is 0.162. The molecule has 0 saturated heterocycles. The molecule has 6 nitrogen and oxygen atoms in total. The molecule has 1 aromatic heterocycles.